The highest BCUT2D eigenvalue weighted by atomic mass is 16.5. The Bertz CT molecular complexity index is 1940. The summed E-state index contributed by atoms with van der Waals surface area (Å²) in [6.45, 7) is 10.4. The smallest absolute Gasteiger partial charge is 0.251 e. The third kappa shape index (κ3) is 5.30. The van der Waals surface area contributed by atoms with Gasteiger partial charge in [0.15, 0.2) is 5.78 Å². The van der Waals surface area contributed by atoms with Crippen LogP contribution in [0.25, 0.3) is 32.9 Å². The molecule has 6 rings (SSSR count). The van der Waals surface area contributed by atoms with Crippen molar-refractivity contribution >= 4 is 27.6 Å². The quantitative estimate of drug-likeness (QED) is 0.208. The minimum atomic E-state index is -0.819. The van der Waals surface area contributed by atoms with Crippen molar-refractivity contribution in [3.63, 3.8) is 0 Å². The third-order valence-corrected chi connectivity index (χ3v) is 7.96. The van der Waals surface area contributed by atoms with Gasteiger partial charge < -0.3 is 18.8 Å². The number of pyridine rings is 2. The normalized spacial score (nSPS) is 13.6. The Morgan fingerprint density at radius 3 is 2.65 bits per heavy atom. The van der Waals surface area contributed by atoms with Gasteiger partial charge in [-0.2, -0.15) is 0 Å². The number of ether oxygens (including phenoxy) is 3. The molecule has 0 spiro atoms. The summed E-state index contributed by atoms with van der Waals surface area (Å²) in [7, 11) is 1.63. The number of fused-ring (bicyclic) bond motifs is 1. The topological polar surface area (TPSA) is 79.7 Å². The number of Topliss-reactive ketones (excluding diaryl/α,β-unsaturated/α-hetero) is 1. The van der Waals surface area contributed by atoms with Crippen molar-refractivity contribution in [3.05, 3.63) is 99.5 Å². The summed E-state index contributed by atoms with van der Waals surface area (Å²) in [6, 6.07) is 19.2. The minimum absolute atomic E-state index is 0.0950. The van der Waals surface area contributed by atoms with E-state index < -0.39 is 11.7 Å². The van der Waals surface area contributed by atoms with Crippen LogP contribution in [0.2, 0.25) is 0 Å². The number of methoxy groups -OCH3 is 1. The molecule has 0 bridgehead atoms. The fourth-order valence-electron chi connectivity index (χ4n) is 6.13. The van der Waals surface area contributed by atoms with E-state index in [9.17, 15) is 9.59 Å². The highest BCUT2D eigenvalue weighted by Crippen LogP contribution is 2.45. The van der Waals surface area contributed by atoms with E-state index in [2.05, 4.69) is 0 Å². The molecular formula is C36H36N2O5. The van der Waals surface area contributed by atoms with Crippen LogP contribution in [0.5, 0.6) is 11.5 Å². The largest absolute Gasteiger partial charge is 0.497 e. The summed E-state index contributed by atoms with van der Waals surface area (Å²) >= 11 is 0. The summed E-state index contributed by atoms with van der Waals surface area (Å²) in [5.41, 5.74) is 6.32. The molecule has 43 heavy (non-hydrogen) atoms. The summed E-state index contributed by atoms with van der Waals surface area (Å²) in [6.07, 6.45) is 1.81. The van der Waals surface area contributed by atoms with E-state index in [0.29, 0.717) is 13.2 Å². The summed E-state index contributed by atoms with van der Waals surface area (Å²) in [4.78, 5) is 31.6. The van der Waals surface area contributed by atoms with Crippen LogP contribution < -0.4 is 15.0 Å². The molecule has 3 aromatic carbocycles. The van der Waals surface area contributed by atoms with Crippen molar-refractivity contribution in [2.75, 3.05) is 13.7 Å². The molecule has 220 valence electrons. The van der Waals surface area contributed by atoms with E-state index in [1.165, 1.54) is 5.56 Å². The van der Waals surface area contributed by atoms with Gasteiger partial charge >= 0.3 is 0 Å². The number of carbonyl (C=O) groups excluding carboxylic acids is 1. The molecule has 1 aliphatic rings. The number of carbonyl (C=O) groups is 1. The van der Waals surface area contributed by atoms with Crippen LogP contribution in [0.4, 0.5) is 0 Å². The first-order chi connectivity index (χ1) is 20.6. The van der Waals surface area contributed by atoms with Crippen LogP contribution >= 0.6 is 0 Å². The van der Waals surface area contributed by atoms with Gasteiger partial charge in [0.25, 0.3) is 5.56 Å². The Morgan fingerprint density at radius 1 is 1.09 bits per heavy atom. The molecule has 0 fully saturated rings. The summed E-state index contributed by atoms with van der Waals surface area (Å²) in [5.74, 6) is 1.43. The lowest BCUT2D eigenvalue weighted by Crippen LogP contribution is -2.27. The highest BCUT2D eigenvalue weighted by Gasteiger charge is 2.31. The molecule has 3 heterocycles. The average molecular weight is 577 g/mol. The Kier molecular flexibility index (Phi) is 7.30. The van der Waals surface area contributed by atoms with Gasteiger partial charge in [-0.15, -0.1) is 0 Å². The summed E-state index contributed by atoms with van der Waals surface area (Å²) < 4.78 is 19.7. The van der Waals surface area contributed by atoms with Crippen molar-refractivity contribution in [3.8, 4) is 22.6 Å². The van der Waals surface area contributed by atoms with Gasteiger partial charge in [-0.25, -0.2) is 0 Å². The Morgan fingerprint density at radius 2 is 1.91 bits per heavy atom. The number of aromatic nitrogens is 2. The second-order valence-corrected chi connectivity index (χ2v) is 12.1. The van der Waals surface area contributed by atoms with Gasteiger partial charge in [0, 0.05) is 35.0 Å². The third-order valence-electron chi connectivity index (χ3n) is 7.96. The fraction of sp³-hybridized carbons (Fsp3) is 0.306. The fourth-order valence-corrected chi connectivity index (χ4v) is 6.13. The summed E-state index contributed by atoms with van der Waals surface area (Å²) in [5, 5.41) is 1.82. The first-order valence-corrected chi connectivity index (χ1v) is 14.6. The number of nitrogens with zero attached hydrogens (tertiary/aromatic N) is 2. The Labute approximate surface area is 251 Å². The van der Waals surface area contributed by atoms with Crippen molar-refractivity contribution < 1.29 is 19.0 Å². The second kappa shape index (κ2) is 11.0. The number of aryl methyl sites for hydroxylation is 1. The van der Waals surface area contributed by atoms with Gasteiger partial charge in [0.05, 0.1) is 36.9 Å². The van der Waals surface area contributed by atoms with E-state index >= 15 is 0 Å². The Hall–Kier alpha value is -4.49. The molecule has 1 aliphatic heterocycles. The standard InChI is InChI=1S/C36H36N2O5/c1-21-18-28-26(11-13-30(40)38(28)20-23-8-7-9-25(19-23)41-6)33(31(21)35(22(2)39)43-36(3,4)5)27-10-12-29-32-24(15-17-42-29)14-16-37-34(27)32/h7-14,16,18-19,35H,15,17,20H2,1-6H3/t35-/m1/s1. The lowest BCUT2D eigenvalue weighted by molar-refractivity contribution is -0.138. The molecular weight excluding hydrogens is 540 g/mol. The molecule has 0 unspecified atom stereocenters. The molecule has 5 aromatic rings. The lowest BCUT2D eigenvalue weighted by atomic mass is 9.85. The average Bonchev–Trinajstić information content (AvgIpc) is 2.97. The zero-order chi connectivity index (χ0) is 30.5. The molecule has 0 aliphatic carbocycles. The van der Waals surface area contributed by atoms with Gasteiger partial charge in [0.1, 0.15) is 17.6 Å². The number of benzene rings is 3. The molecule has 0 radical (unpaired) electrons. The maximum Gasteiger partial charge on any atom is 0.251 e. The van der Waals surface area contributed by atoms with E-state index in [0.717, 1.165) is 67.5 Å². The van der Waals surface area contributed by atoms with Crippen molar-refractivity contribution in [2.24, 2.45) is 0 Å². The van der Waals surface area contributed by atoms with E-state index in [-0.39, 0.29) is 11.3 Å². The van der Waals surface area contributed by atoms with E-state index in [1.54, 1.807) is 24.7 Å². The molecule has 0 N–H and O–H groups in total. The van der Waals surface area contributed by atoms with Gasteiger partial charge in [-0.3, -0.25) is 14.6 Å². The van der Waals surface area contributed by atoms with Gasteiger partial charge in [-0.05, 0) is 105 Å². The number of ketones is 1. The first-order valence-electron chi connectivity index (χ1n) is 14.6. The molecule has 0 amide bonds. The second-order valence-electron chi connectivity index (χ2n) is 12.1. The zero-order valence-electron chi connectivity index (χ0n) is 25.5. The maximum atomic E-state index is 13.4. The maximum absolute atomic E-state index is 13.4. The monoisotopic (exact) mass is 576 g/mol. The van der Waals surface area contributed by atoms with Gasteiger partial charge in [0.2, 0.25) is 0 Å². The van der Waals surface area contributed by atoms with Crippen LogP contribution in [0.1, 0.15) is 56.1 Å². The number of hydrogen-bond donors (Lipinski definition) is 0. The number of hydrogen-bond acceptors (Lipinski definition) is 6. The molecule has 2 aromatic heterocycles. The van der Waals surface area contributed by atoms with Gasteiger partial charge in [-0.1, -0.05) is 12.1 Å². The van der Waals surface area contributed by atoms with Crippen LogP contribution in [0, 0.1) is 6.92 Å². The molecule has 0 saturated carbocycles. The van der Waals surface area contributed by atoms with Crippen molar-refractivity contribution in [1.82, 2.24) is 9.55 Å². The van der Waals surface area contributed by atoms with Crippen LogP contribution in [0.3, 0.4) is 0 Å². The molecule has 7 heteroatoms. The first kappa shape index (κ1) is 28.6. The predicted molar refractivity (Wildman–Crippen MR) is 169 cm³/mol. The Balaban J connectivity index is 1.71. The van der Waals surface area contributed by atoms with Crippen LogP contribution in [0.15, 0.2) is 71.7 Å². The van der Waals surface area contributed by atoms with Crippen molar-refractivity contribution in [2.45, 2.75) is 59.3 Å². The van der Waals surface area contributed by atoms with Crippen LogP contribution in [-0.2, 0) is 22.5 Å². The molecule has 0 saturated heterocycles. The van der Waals surface area contributed by atoms with Crippen LogP contribution in [-0.4, -0.2) is 34.7 Å². The zero-order valence-corrected chi connectivity index (χ0v) is 25.5. The molecule has 7 nitrogen and oxygen atoms in total. The predicted octanol–water partition coefficient (Wildman–Crippen LogP) is 6.96. The minimum Gasteiger partial charge on any atom is -0.497 e. The van der Waals surface area contributed by atoms with E-state index in [4.69, 9.17) is 19.2 Å². The SMILES string of the molecule is COc1cccc(Cn2c(=O)ccc3c(-c4ccc5c6c(ccnc46)CCO5)c([C@H](OC(C)(C)C)C(C)=O)c(C)cc32)c1. The number of rotatable bonds is 7. The molecule has 1 atom stereocenters. The van der Waals surface area contributed by atoms with E-state index in [1.807, 2.05) is 88.5 Å². The van der Waals surface area contributed by atoms with Crippen molar-refractivity contribution in [1.29, 1.82) is 0 Å². The lowest BCUT2D eigenvalue weighted by Gasteiger charge is -2.30. The highest BCUT2D eigenvalue weighted by molar-refractivity contribution is 6.08.